The molecule has 0 saturated heterocycles. The largest absolute Gasteiger partial charge is 0.497 e. The Bertz CT molecular complexity index is 1550. The molecule has 0 atom stereocenters. The van der Waals surface area contributed by atoms with Gasteiger partial charge in [-0.3, -0.25) is 9.97 Å². The first-order valence-electron chi connectivity index (χ1n) is 11.1. The molecule has 3 aromatic carbocycles. The summed E-state index contributed by atoms with van der Waals surface area (Å²) in [6, 6.07) is 22.7. The number of fused-ring (bicyclic) bond motifs is 4. The van der Waals surface area contributed by atoms with Crippen molar-refractivity contribution in [1.29, 1.82) is 0 Å². The fourth-order valence-electron chi connectivity index (χ4n) is 4.70. The third kappa shape index (κ3) is 3.18. The van der Waals surface area contributed by atoms with E-state index in [1.54, 1.807) is 14.2 Å². The Labute approximate surface area is 198 Å². The maximum atomic E-state index is 5.73. The Hall–Kier alpha value is -4.32. The van der Waals surface area contributed by atoms with Crippen LogP contribution in [0.1, 0.15) is 0 Å². The van der Waals surface area contributed by atoms with Crippen LogP contribution in [-0.4, -0.2) is 37.9 Å². The predicted octanol–water partition coefficient (Wildman–Crippen LogP) is 6.01. The van der Waals surface area contributed by atoms with Gasteiger partial charge in [0.2, 0.25) is 0 Å². The van der Waals surface area contributed by atoms with Crippen molar-refractivity contribution >= 4 is 38.9 Å². The minimum atomic E-state index is 0.695. The van der Waals surface area contributed by atoms with Crippen molar-refractivity contribution < 1.29 is 9.47 Å². The smallest absolute Gasteiger partial charge is 0.146 e. The normalized spacial score (nSPS) is 12.9. The van der Waals surface area contributed by atoms with E-state index in [4.69, 9.17) is 14.5 Å². The van der Waals surface area contributed by atoms with Gasteiger partial charge in [-0.15, -0.1) is 0 Å². The minimum absolute atomic E-state index is 0.695. The number of aromatic nitrogens is 2. The maximum Gasteiger partial charge on any atom is 0.146 e. The molecule has 6 heteroatoms. The molecule has 168 valence electrons. The van der Waals surface area contributed by atoms with Crippen molar-refractivity contribution in [3.05, 3.63) is 79.1 Å². The summed E-state index contributed by atoms with van der Waals surface area (Å²) >= 11 is 0. The number of benzene rings is 3. The van der Waals surface area contributed by atoms with Crippen molar-refractivity contribution in [2.75, 3.05) is 37.7 Å². The first-order valence-corrected chi connectivity index (χ1v) is 11.1. The highest BCUT2D eigenvalue weighted by Gasteiger charge is 2.29. The lowest BCUT2D eigenvalue weighted by atomic mass is 10.0. The minimum Gasteiger partial charge on any atom is -0.497 e. The maximum absolute atomic E-state index is 5.73. The Balaban J connectivity index is 1.53. The van der Waals surface area contributed by atoms with Crippen LogP contribution in [0.25, 0.3) is 32.9 Å². The van der Waals surface area contributed by atoms with E-state index in [2.05, 4.69) is 52.2 Å². The van der Waals surface area contributed by atoms with Crippen LogP contribution < -0.4 is 19.3 Å². The number of pyridine rings is 2. The molecule has 0 amide bonds. The lowest BCUT2D eigenvalue weighted by Crippen LogP contribution is -2.24. The number of hydrogen-bond acceptors (Lipinski definition) is 6. The third-order valence-corrected chi connectivity index (χ3v) is 6.46. The second kappa shape index (κ2) is 7.92. The Morgan fingerprint density at radius 2 is 1.62 bits per heavy atom. The molecule has 0 fully saturated rings. The summed E-state index contributed by atoms with van der Waals surface area (Å²) in [6.45, 7) is 0.695. The lowest BCUT2D eigenvalue weighted by Gasteiger charge is -2.23. The van der Waals surface area contributed by atoms with Crippen LogP contribution in [0.2, 0.25) is 0 Å². The highest BCUT2D eigenvalue weighted by molar-refractivity contribution is 6.04. The van der Waals surface area contributed by atoms with Crippen LogP contribution in [0.4, 0.5) is 17.1 Å². The summed E-state index contributed by atoms with van der Waals surface area (Å²) in [7, 11) is 5.43. The SMILES string of the molecule is COc1ccc(N2CN(C)c3cnc4ccc(-c5cnc6ccccc6c5)cc4c32)c(OC)c1. The van der Waals surface area contributed by atoms with Gasteiger partial charge in [0, 0.05) is 35.6 Å². The average molecular weight is 449 g/mol. The Kier molecular flexibility index (Phi) is 4.73. The van der Waals surface area contributed by atoms with Gasteiger partial charge < -0.3 is 19.3 Å². The van der Waals surface area contributed by atoms with E-state index in [9.17, 15) is 0 Å². The zero-order valence-corrected chi connectivity index (χ0v) is 19.3. The quantitative estimate of drug-likeness (QED) is 0.335. The van der Waals surface area contributed by atoms with E-state index >= 15 is 0 Å². The molecular formula is C28H24N4O2. The summed E-state index contributed by atoms with van der Waals surface area (Å²) in [6.07, 6.45) is 3.89. The van der Waals surface area contributed by atoms with Gasteiger partial charge in [-0.05, 0) is 42.0 Å². The van der Waals surface area contributed by atoms with Crippen molar-refractivity contribution in [3.8, 4) is 22.6 Å². The summed E-state index contributed by atoms with van der Waals surface area (Å²) < 4.78 is 11.1. The van der Waals surface area contributed by atoms with Gasteiger partial charge in [-0.25, -0.2) is 0 Å². The number of methoxy groups -OCH3 is 2. The number of ether oxygens (including phenoxy) is 2. The zero-order valence-electron chi connectivity index (χ0n) is 19.3. The molecule has 1 aliphatic heterocycles. The zero-order chi connectivity index (χ0) is 23.2. The summed E-state index contributed by atoms with van der Waals surface area (Å²) in [5.74, 6) is 1.53. The topological polar surface area (TPSA) is 50.7 Å². The Morgan fingerprint density at radius 3 is 2.47 bits per heavy atom. The second-order valence-corrected chi connectivity index (χ2v) is 8.45. The molecule has 2 aromatic heterocycles. The first-order chi connectivity index (χ1) is 16.7. The molecule has 6 nitrogen and oxygen atoms in total. The van der Waals surface area contributed by atoms with E-state index in [0.29, 0.717) is 6.67 Å². The van der Waals surface area contributed by atoms with Crippen LogP contribution in [-0.2, 0) is 0 Å². The molecule has 0 radical (unpaired) electrons. The van der Waals surface area contributed by atoms with Gasteiger partial charge in [-0.1, -0.05) is 24.3 Å². The molecule has 0 aliphatic carbocycles. The van der Waals surface area contributed by atoms with Crippen LogP contribution in [0.3, 0.4) is 0 Å². The summed E-state index contributed by atoms with van der Waals surface area (Å²) in [5.41, 5.74) is 7.32. The van der Waals surface area contributed by atoms with Crippen molar-refractivity contribution in [1.82, 2.24) is 9.97 Å². The van der Waals surface area contributed by atoms with E-state index in [1.165, 1.54) is 0 Å². The van der Waals surface area contributed by atoms with Gasteiger partial charge in [0.05, 0.1) is 55.2 Å². The Morgan fingerprint density at radius 1 is 0.765 bits per heavy atom. The molecule has 0 spiro atoms. The molecule has 0 unspecified atom stereocenters. The number of anilines is 3. The molecule has 6 rings (SSSR count). The van der Waals surface area contributed by atoms with Crippen LogP contribution in [0.15, 0.2) is 79.1 Å². The van der Waals surface area contributed by atoms with Crippen LogP contribution in [0, 0.1) is 0 Å². The molecule has 0 bridgehead atoms. The monoisotopic (exact) mass is 448 g/mol. The molecule has 34 heavy (non-hydrogen) atoms. The van der Waals surface area contributed by atoms with Crippen molar-refractivity contribution in [3.63, 3.8) is 0 Å². The first kappa shape index (κ1) is 20.3. The van der Waals surface area contributed by atoms with Gasteiger partial charge in [-0.2, -0.15) is 0 Å². The fourth-order valence-corrected chi connectivity index (χ4v) is 4.70. The average Bonchev–Trinajstić information content (AvgIpc) is 3.24. The van der Waals surface area contributed by atoms with E-state index in [1.807, 2.05) is 48.8 Å². The van der Waals surface area contributed by atoms with Gasteiger partial charge in [0.25, 0.3) is 0 Å². The highest BCUT2D eigenvalue weighted by atomic mass is 16.5. The molecular weight excluding hydrogens is 424 g/mol. The van der Waals surface area contributed by atoms with E-state index in [-0.39, 0.29) is 0 Å². The number of rotatable bonds is 4. The van der Waals surface area contributed by atoms with Gasteiger partial charge in [0.15, 0.2) is 0 Å². The molecule has 1 aliphatic rings. The van der Waals surface area contributed by atoms with Gasteiger partial charge in [0.1, 0.15) is 11.5 Å². The number of hydrogen-bond donors (Lipinski definition) is 0. The van der Waals surface area contributed by atoms with Crippen LogP contribution in [0.5, 0.6) is 11.5 Å². The van der Waals surface area contributed by atoms with Crippen LogP contribution >= 0.6 is 0 Å². The summed E-state index contributed by atoms with van der Waals surface area (Å²) in [4.78, 5) is 13.9. The number of nitrogens with zero attached hydrogens (tertiary/aromatic N) is 4. The molecule has 0 saturated carbocycles. The van der Waals surface area contributed by atoms with Crippen molar-refractivity contribution in [2.45, 2.75) is 0 Å². The highest BCUT2D eigenvalue weighted by Crippen LogP contribution is 2.47. The third-order valence-electron chi connectivity index (χ3n) is 6.46. The van der Waals surface area contributed by atoms with Gasteiger partial charge >= 0.3 is 0 Å². The summed E-state index contributed by atoms with van der Waals surface area (Å²) in [5, 5.41) is 2.21. The van der Waals surface area contributed by atoms with Crippen molar-refractivity contribution in [2.24, 2.45) is 0 Å². The lowest BCUT2D eigenvalue weighted by molar-refractivity contribution is 0.395. The van der Waals surface area contributed by atoms with E-state index < -0.39 is 0 Å². The standard InChI is InChI=1S/C28H24N4O2/c1-31-17-32(25-11-9-21(33-2)14-27(25)34-3)28-22-13-18(8-10-24(22)30-16-26(28)31)20-12-19-6-4-5-7-23(19)29-15-20/h4-16H,17H2,1-3H3. The second-order valence-electron chi connectivity index (χ2n) is 8.45. The molecule has 0 N–H and O–H groups in total. The van der Waals surface area contributed by atoms with E-state index in [0.717, 1.165) is 61.5 Å². The predicted molar refractivity (Wildman–Crippen MR) is 137 cm³/mol. The fraction of sp³-hybridized carbons (Fsp3) is 0.143. The molecule has 3 heterocycles. The number of para-hydroxylation sites is 1. The molecule has 5 aromatic rings.